The normalized spacial score (nSPS) is 10.9. The van der Waals surface area contributed by atoms with E-state index in [0.29, 0.717) is 17.0 Å². The molecule has 1 aromatic carbocycles. The van der Waals surface area contributed by atoms with Gasteiger partial charge >= 0.3 is 5.69 Å². The number of nitrogens with zero attached hydrogens (tertiary/aromatic N) is 3. The van der Waals surface area contributed by atoms with E-state index in [9.17, 15) is 14.4 Å². The molecule has 0 saturated heterocycles. The molecule has 0 fully saturated rings. The molecule has 3 aromatic rings. The highest BCUT2D eigenvalue weighted by Gasteiger charge is 2.19. The Morgan fingerprint density at radius 3 is 2.39 bits per heavy atom. The largest absolute Gasteiger partial charge is 0.495 e. The van der Waals surface area contributed by atoms with E-state index in [1.165, 1.54) is 24.9 Å². The van der Waals surface area contributed by atoms with Gasteiger partial charge in [0, 0.05) is 24.5 Å². The summed E-state index contributed by atoms with van der Waals surface area (Å²) in [6.07, 6.45) is 1.54. The average molecular weight is 382 g/mol. The smallest absolute Gasteiger partial charge is 0.332 e. The number of ether oxygens (including phenoxy) is 1. The van der Waals surface area contributed by atoms with Crippen LogP contribution in [0, 0.1) is 20.8 Å². The molecule has 0 unspecified atom stereocenters. The van der Waals surface area contributed by atoms with Crippen molar-refractivity contribution in [2.45, 2.75) is 27.3 Å². The second-order valence-electron chi connectivity index (χ2n) is 6.83. The van der Waals surface area contributed by atoms with Crippen LogP contribution in [0.25, 0.3) is 11.0 Å². The van der Waals surface area contributed by atoms with Gasteiger partial charge in [0.15, 0.2) is 5.65 Å². The van der Waals surface area contributed by atoms with Gasteiger partial charge in [0.05, 0.1) is 7.11 Å². The maximum absolute atomic E-state index is 13.0. The minimum absolute atomic E-state index is 0.170. The van der Waals surface area contributed by atoms with Crippen LogP contribution in [0.4, 0.5) is 5.69 Å². The summed E-state index contributed by atoms with van der Waals surface area (Å²) < 4.78 is 7.48. The van der Waals surface area contributed by atoms with Gasteiger partial charge in [0.25, 0.3) is 5.56 Å². The Morgan fingerprint density at radius 1 is 1.14 bits per heavy atom. The molecule has 28 heavy (non-hydrogen) atoms. The molecule has 0 spiro atoms. The Labute approximate surface area is 161 Å². The second kappa shape index (κ2) is 7.30. The summed E-state index contributed by atoms with van der Waals surface area (Å²) in [7, 11) is 2.95. The van der Waals surface area contributed by atoms with E-state index in [2.05, 4.69) is 10.3 Å². The third-order valence-corrected chi connectivity index (χ3v) is 4.50. The topological polar surface area (TPSA) is 95.2 Å². The van der Waals surface area contributed by atoms with Crippen molar-refractivity contribution >= 4 is 22.6 Å². The number of carbonyl (C=O) groups excluding carboxylic acids is 1. The first-order chi connectivity index (χ1) is 13.2. The highest BCUT2D eigenvalue weighted by molar-refractivity contribution is 5.91. The first-order valence-electron chi connectivity index (χ1n) is 8.74. The summed E-state index contributed by atoms with van der Waals surface area (Å²) in [5.74, 6) is -0.128. The number of aryl methyl sites for hydroxylation is 4. The van der Waals surface area contributed by atoms with Gasteiger partial charge in [-0.15, -0.1) is 0 Å². The molecule has 0 saturated carbocycles. The third kappa shape index (κ3) is 3.40. The number of aromatic nitrogens is 3. The van der Waals surface area contributed by atoms with Gasteiger partial charge < -0.3 is 10.1 Å². The van der Waals surface area contributed by atoms with E-state index in [4.69, 9.17) is 4.74 Å². The molecule has 146 valence electrons. The van der Waals surface area contributed by atoms with Crippen LogP contribution in [0.3, 0.4) is 0 Å². The lowest BCUT2D eigenvalue weighted by atomic mass is 10.1. The monoisotopic (exact) mass is 382 g/mol. The Kier molecular flexibility index (Phi) is 5.04. The predicted molar refractivity (Wildman–Crippen MR) is 107 cm³/mol. The number of amides is 1. The molecule has 0 bridgehead atoms. The van der Waals surface area contributed by atoms with Crippen LogP contribution in [0.2, 0.25) is 0 Å². The number of benzene rings is 1. The van der Waals surface area contributed by atoms with Crippen molar-refractivity contribution < 1.29 is 9.53 Å². The van der Waals surface area contributed by atoms with Crippen LogP contribution >= 0.6 is 0 Å². The fraction of sp³-hybridized carbons (Fsp3) is 0.300. The van der Waals surface area contributed by atoms with Crippen LogP contribution < -0.4 is 21.3 Å². The molecular weight excluding hydrogens is 360 g/mol. The Hall–Kier alpha value is -3.42. The third-order valence-electron chi connectivity index (χ3n) is 4.50. The molecule has 1 amide bonds. The number of anilines is 1. The zero-order valence-electron chi connectivity index (χ0n) is 16.5. The van der Waals surface area contributed by atoms with Crippen LogP contribution in [0.1, 0.15) is 16.7 Å². The van der Waals surface area contributed by atoms with Gasteiger partial charge in [-0.05, 0) is 44.0 Å². The predicted octanol–water partition coefficient (Wildman–Crippen LogP) is 1.67. The second-order valence-corrected chi connectivity index (χ2v) is 6.83. The van der Waals surface area contributed by atoms with Crippen molar-refractivity contribution in [2.24, 2.45) is 7.05 Å². The molecule has 0 aliphatic heterocycles. The van der Waals surface area contributed by atoms with Crippen LogP contribution in [0.5, 0.6) is 5.75 Å². The van der Waals surface area contributed by atoms with Gasteiger partial charge in [-0.1, -0.05) is 6.07 Å². The number of hydrogen-bond donors (Lipinski definition) is 1. The summed E-state index contributed by atoms with van der Waals surface area (Å²) in [4.78, 5) is 42.3. The zero-order chi connectivity index (χ0) is 20.6. The fourth-order valence-electron chi connectivity index (χ4n) is 3.31. The first-order valence-corrected chi connectivity index (χ1v) is 8.74. The highest BCUT2D eigenvalue weighted by Crippen LogP contribution is 2.23. The zero-order valence-corrected chi connectivity index (χ0v) is 16.5. The van der Waals surface area contributed by atoms with Crippen molar-refractivity contribution in [3.63, 3.8) is 0 Å². The Morgan fingerprint density at radius 2 is 1.79 bits per heavy atom. The van der Waals surface area contributed by atoms with Crippen LogP contribution in [0.15, 0.2) is 34.0 Å². The lowest BCUT2D eigenvalue weighted by molar-refractivity contribution is -0.116. The van der Waals surface area contributed by atoms with Crippen molar-refractivity contribution in [1.29, 1.82) is 0 Å². The molecule has 0 aliphatic carbocycles. The van der Waals surface area contributed by atoms with Crippen molar-refractivity contribution in [3.05, 3.63) is 61.9 Å². The van der Waals surface area contributed by atoms with E-state index >= 15 is 0 Å². The fourth-order valence-corrected chi connectivity index (χ4v) is 3.31. The van der Waals surface area contributed by atoms with Gasteiger partial charge in [-0.2, -0.15) is 0 Å². The molecule has 3 rings (SSSR count). The summed E-state index contributed by atoms with van der Waals surface area (Å²) in [5, 5.41) is 2.91. The minimum atomic E-state index is -0.619. The highest BCUT2D eigenvalue weighted by atomic mass is 16.5. The molecular formula is C20H22N4O4. The quantitative estimate of drug-likeness (QED) is 0.741. The standard InChI is InChI=1S/C20H22N4O4/c1-11-6-12(2)8-14(7-11)22-15(25)10-24-19(26)16-17(28-5)13(3)9-21-18(16)23(4)20(24)27/h6-9H,10H2,1-5H3,(H,22,25). The van der Waals surface area contributed by atoms with Crippen LogP contribution in [-0.4, -0.2) is 27.1 Å². The number of carbonyl (C=O) groups is 1. The van der Waals surface area contributed by atoms with E-state index in [1.807, 2.05) is 32.0 Å². The summed E-state index contributed by atoms with van der Waals surface area (Å²) in [5.41, 5.74) is 2.26. The molecule has 8 heteroatoms. The molecule has 8 nitrogen and oxygen atoms in total. The van der Waals surface area contributed by atoms with Crippen molar-refractivity contribution in [3.8, 4) is 5.75 Å². The maximum Gasteiger partial charge on any atom is 0.332 e. The van der Waals surface area contributed by atoms with Gasteiger partial charge in [-0.3, -0.25) is 14.2 Å². The first kappa shape index (κ1) is 19.3. The van der Waals surface area contributed by atoms with Crippen LogP contribution in [-0.2, 0) is 18.4 Å². The number of nitrogens with one attached hydrogen (secondary N) is 1. The number of methoxy groups -OCH3 is 1. The summed E-state index contributed by atoms with van der Waals surface area (Å²) in [6.45, 7) is 5.19. The number of rotatable bonds is 4. The van der Waals surface area contributed by atoms with E-state index in [1.54, 1.807) is 6.92 Å². The molecule has 2 heterocycles. The van der Waals surface area contributed by atoms with E-state index in [-0.39, 0.29) is 11.0 Å². The molecule has 0 atom stereocenters. The summed E-state index contributed by atoms with van der Waals surface area (Å²) >= 11 is 0. The molecule has 0 radical (unpaired) electrons. The lowest BCUT2D eigenvalue weighted by Gasteiger charge is -2.14. The number of hydrogen-bond acceptors (Lipinski definition) is 5. The molecule has 0 aliphatic rings. The Balaban J connectivity index is 2.07. The van der Waals surface area contributed by atoms with E-state index in [0.717, 1.165) is 15.7 Å². The van der Waals surface area contributed by atoms with E-state index < -0.39 is 23.7 Å². The number of fused-ring (bicyclic) bond motifs is 1. The molecule has 1 N–H and O–H groups in total. The maximum atomic E-state index is 13.0. The SMILES string of the molecule is COc1c(C)cnc2c1c(=O)n(CC(=O)Nc1cc(C)cc(C)c1)c(=O)n2C. The molecule has 2 aromatic heterocycles. The average Bonchev–Trinajstić information content (AvgIpc) is 2.62. The lowest BCUT2D eigenvalue weighted by Crippen LogP contribution is -2.42. The van der Waals surface area contributed by atoms with Gasteiger partial charge in [0.2, 0.25) is 5.91 Å². The summed E-state index contributed by atoms with van der Waals surface area (Å²) in [6, 6.07) is 5.63. The van der Waals surface area contributed by atoms with Gasteiger partial charge in [0.1, 0.15) is 17.7 Å². The van der Waals surface area contributed by atoms with Crippen molar-refractivity contribution in [1.82, 2.24) is 14.1 Å². The number of pyridine rings is 1. The van der Waals surface area contributed by atoms with Gasteiger partial charge in [-0.25, -0.2) is 14.3 Å². The van der Waals surface area contributed by atoms with Crippen molar-refractivity contribution in [2.75, 3.05) is 12.4 Å². The minimum Gasteiger partial charge on any atom is -0.495 e. The Bertz CT molecular complexity index is 1190.